The highest BCUT2D eigenvalue weighted by Gasteiger charge is 2.13. The first kappa shape index (κ1) is 19.6. The van der Waals surface area contributed by atoms with Gasteiger partial charge in [0, 0.05) is 5.56 Å². The van der Waals surface area contributed by atoms with Crippen molar-refractivity contribution in [3.63, 3.8) is 0 Å². The molecule has 2 rings (SSSR count). The minimum absolute atomic E-state index is 0.220. The molecule has 0 aromatic heterocycles. The number of ether oxygens (including phenoxy) is 1. The number of ketones is 1. The van der Waals surface area contributed by atoms with E-state index in [1.807, 2.05) is 49.4 Å². The first-order valence-electron chi connectivity index (χ1n) is 8.95. The van der Waals surface area contributed by atoms with Crippen LogP contribution in [0.25, 0.3) is 10.8 Å². The number of carbonyl (C=O) groups is 2. The van der Waals surface area contributed by atoms with Gasteiger partial charge >= 0.3 is 5.97 Å². The molecule has 0 fully saturated rings. The molecule has 3 nitrogen and oxygen atoms in total. The normalized spacial score (nSPS) is 12.6. The topological polar surface area (TPSA) is 43.4 Å². The smallest absolute Gasteiger partial charge is 0.314 e. The zero-order valence-corrected chi connectivity index (χ0v) is 15.5. The summed E-state index contributed by atoms with van der Waals surface area (Å²) in [6, 6.07) is 13.3. The molecule has 0 aliphatic rings. The summed E-state index contributed by atoms with van der Waals surface area (Å²) < 4.78 is 5.22. The van der Waals surface area contributed by atoms with Crippen molar-refractivity contribution in [1.29, 1.82) is 0 Å². The third kappa shape index (κ3) is 5.99. The molecule has 0 amide bonds. The van der Waals surface area contributed by atoms with Gasteiger partial charge in [-0.3, -0.25) is 9.59 Å². The molecule has 0 radical (unpaired) electrons. The number of fused-ring (bicyclic) bond motifs is 1. The lowest BCUT2D eigenvalue weighted by molar-refractivity contribution is -0.141. The second-order valence-corrected chi connectivity index (χ2v) is 6.66. The SMILES string of the molecule is C=CC(C)CCC=C(C)COC(=O)CC(=O)c1ccc2ccccc2c1. The highest BCUT2D eigenvalue weighted by molar-refractivity contribution is 6.07. The van der Waals surface area contributed by atoms with E-state index in [2.05, 4.69) is 19.6 Å². The summed E-state index contributed by atoms with van der Waals surface area (Å²) in [5, 5.41) is 2.05. The van der Waals surface area contributed by atoms with Gasteiger partial charge in [-0.1, -0.05) is 55.5 Å². The maximum absolute atomic E-state index is 12.3. The number of hydrogen-bond acceptors (Lipinski definition) is 3. The van der Waals surface area contributed by atoms with Crippen molar-refractivity contribution in [2.45, 2.75) is 33.1 Å². The number of benzene rings is 2. The van der Waals surface area contributed by atoms with Crippen LogP contribution in [0.3, 0.4) is 0 Å². The van der Waals surface area contributed by atoms with Gasteiger partial charge in [0.05, 0.1) is 0 Å². The van der Waals surface area contributed by atoms with Crippen molar-refractivity contribution in [3.8, 4) is 0 Å². The number of Topliss-reactive ketones (excluding diaryl/α,β-unsaturated/α-hetero) is 1. The maximum atomic E-state index is 12.3. The highest BCUT2D eigenvalue weighted by Crippen LogP contribution is 2.17. The van der Waals surface area contributed by atoms with E-state index in [-0.39, 0.29) is 18.8 Å². The number of carbonyl (C=O) groups excluding carboxylic acids is 2. The minimum atomic E-state index is -0.490. The Balaban J connectivity index is 1.83. The Kier molecular flexibility index (Phi) is 7.34. The van der Waals surface area contributed by atoms with Crippen LogP contribution in [0, 0.1) is 5.92 Å². The molecule has 2 aromatic rings. The molecule has 0 aliphatic carbocycles. The van der Waals surface area contributed by atoms with Gasteiger partial charge in [-0.25, -0.2) is 0 Å². The Morgan fingerprint density at radius 3 is 2.62 bits per heavy atom. The maximum Gasteiger partial charge on any atom is 0.314 e. The van der Waals surface area contributed by atoms with Crippen LogP contribution in [0.15, 0.2) is 66.8 Å². The van der Waals surface area contributed by atoms with Gasteiger partial charge in [0.2, 0.25) is 0 Å². The van der Waals surface area contributed by atoms with E-state index in [1.54, 1.807) is 6.07 Å². The average Bonchev–Trinajstić information content (AvgIpc) is 2.65. The molecule has 26 heavy (non-hydrogen) atoms. The van der Waals surface area contributed by atoms with Gasteiger partial charge in [0.1, 0.15) is 13.0 Å². The van der Waals surface area contributed by atoms with Crippen LogP contribution in [-0.4, -0.2) is 18.4 Å². The molecule has 2 aromatic carbocycles. The van der Waals surface area contributed by atoms with Crippen molar-refractivity contribution in [3.05, 3.63) is 72.3 Å². The Labute approximate surface area is 155 Å². The van der Waals surface area contributed by atoms with Crippen LogP contribution in [0.5, 0.6) is 0 Å². The lowest BCUT2D eigenvalue weighted by atomic mass is 10.0. The highest BCUT2D eigenvalue weighted by atomic mass is 16.5. The van der Waals surface area contributed by atoms with Crippen molar-refractivity contribution in [2.24, 2.45) is 5.92 Å². The molecule has 0 spiro atoms. The minimum Gasteiger partial charge on any atom is -0.461 e. The van der Waals surface area contributed by atoms with Crippen LogP contribution in [0.4, 0.5) is 0 Å². The van der Waals surface area contributed by atoms with E-state index in [9.17, 15) is 9.59 Å². The van der Waals surface area contributed by atoms with E-state index < -0.39 is 5.97 Å². The molecule has 3 heteroatoms. The number of allylic oxidation sites excluding steroid dienone is 2. The van der Waals surface area contributed by atoms with Gasteiger partial charge in [0.25, 0.3) is 0 Å². The summed E-state index contributed by atoms with van der Waals surface area (Å²) in [7, 11) is 0. The Hall–Kier alpha value is -2.68. The Morgan fingerprint density at radius 1 is 1.15 bits per heavy atom. The second-order valence-electron chi connectivity index (χ2n) is 6.66. The lowest BCUT2D eigenvalue weighted by Gasteiger charge is -2.07. The Bertz CT molecular complexity index is 817. The predicted molar refractivity (Wildman–Crippen MR) is 106 cm³/mol. The van der Waals surface area contributed by atoms with Gasteiger partial charge in [0.15, 0.2) is 5.78 Å². The molecule has 0 N–H and O–H groups in total. The number of hydrogen-bond donors (Lipinski definition) is 0. The molecular formula is C23H26O3. The summed E-state index contributed by atoms with van der Waals surface area (Å²) >= 11 is 0. The zero-order chi connectivity index (χ0) is 18.9. The molecule has 0 saturated carbocycles. The molecule has 136 valence electrons. The number of rotatable bonds is 9. The van der Waals surface area contributed by atoms with Crippen LogP contribution in [0.2, 0.25) is 0 Å². The van der Waals surface area contributed by atoms with E-state index in [1.165, 1.54) is 0 Å². The van der Waals surface area contributed by atoms with Crippen molar-refractivity contribution >= 4 is 22.5 Å². The summed E-state index contributed by atoms with van der Waals surface area (Å²) in [6.07, 6.45) is 5.71. The molecule has 0 aliphatic heterocycles. The third-order valence-corrected chi connectivity index (χ3v) is 4.35. The molecule has 0 saturated heterocycles. The van der Waals surface area contributed by atoms with E-state index in [4.69, 9.17) is 4.74 Å². The fourth-order valence-corrected chi connectivity index (χ4v) is 2.61. The van der Waals surface area contributed by atoms with Crippen molar-refractivity contribution < 1.29 is 14.3 Å². The molecular weight excluding hydrogens is 324 g/mol. The number of esters is 1. The standard InChI is InChI=1S/C23H26O3/c1-4-17(2)8-7-9-18(3)16-26-23(25)15-22(24)21-13-12-19-10-5-6-11-20(19)14-21/h4-6,9-14,17H,1,7-8,15-16H2,2-3H3. The van der Waals surface area contributed by atoms with E-state index in [0.717, 1.165) is 29.2 Å². The first-order chi connectivity index (χ1) is 12.5. The van der Waals surface area contributed by atoms with E-state index >= 15 is 0 Å². The van der Waals surface area contributed by atoms with Crippen LogP contribution in [-0.2, 0) is 9.53 Å². The second kappa shape index (κ2) is 9.71. The van der Waals surface area contributed by atoms with Gasteiger partial charge in [-0.05, 0) is 48.1 Å². The van der Waals surface area contributed by atoms with Gasteiger partial charge < -0.3 is 4.74 Å². The molecule has 0 heterocycles. The largest absolute Gasteiger partial charge is 0.461 e. The fourth-order valence-electron chi connectivity index (χ4n) is 2.61. The van der Waals surface area contributed by atoms with Crippen molar-refractivity contribution in [1.82, 2.24) is 0 Å². The van der Waals surface area contributed by atoms with E-state index in [0.29, 0.717) is 11.5 Å². The van der Waals surface area contributed by atoms with Crippen LogP contribution in [0.1, 0.15) is 43.5 Å². The molecule has 0 bridgehead atoms. The molecule has 1 atom stereocenters. The summed E-state index contributed by atoms with van der Waals surface area (Å²) in [4.78, 5) is 24.2. The lowest BCUT2D eigenvalue weighted by Crippen LogP contribution is -2.12. The first-order valence-corrected chi connectivity index (χ1v) is 8.95. The molecule has 1 unspecified atom stereocenters. The van der Waals surface area contributed by atoms with Gasteiger partial charge in [-0.2, -0.15) is 0 Å². The Morgan fingerprint density at radius 2 is 1.88 bits per heavy atom. The van der Waals surface area contributed by atoms with Crippen LogP contribution < -0.4 is 0 Å². The van der Waals surface area contributed by atoms with Crippen LogP contribution >= 0.6 is 0 Å². The summed E-state index contributed by atoms with van der Waals surface area (Å²) in [5.74, 6) is -0.237. The van der Waals surface area contributed by atoms with Crippen molar-refractivity contribution in [2.75, 3.05) is 6.61 Å². The fraction of sp³-hybridized carbons (Fsp3) is 0.304. The average molecular weight is 350 g/mol. The van der Waals surface area contributed by atoms with Gasteiger partial charge in [-0.15, -0.1) is 6.58 Å². The quantitative estimate of drug-likeness (QED) is 0.259. The summed E-state index contributed by atoms with van der Waals surface area (Å²) in [5.41, 5.74) is 1.53. The zero-order valence-electron chi connectivity index (χ0n) is 15.5. The monoisotopic (exact) mass is 350 g/mol. The summed E-state index contributed by atoms with van der Waals surface area (Å²) in [6.45, 7) is 8.04. The predicted octanol–water partition coefficient (Wildman–Crippen LogP) is 5.50. The third-order valence-electron chi connectivity index (χ3n) is 4.35.